The van der Waals surface area contributed by atoms with Crippen molar-refractivity contribution in [2.45, 2.75) is 13.5 Å². The Labute approximate surface area is 135 Å². The van der Waals surface area contributed by atoms with E-state index in [0.717, 1.165) is 22.7 Å². The average molecular weight is 336 g/mol. The van der Waals surface area contributed by atoms with Gasteiger partial charge in [0.15, 0.2) is 5.82 Å². The number of hydrogen-bond donors (Lipinski definition) is 2. The largest absolute Gasteiger partial charge is 0.357 e. The van der Waals surface area contributed by atoms with Crippen LogP contribution in [0, 0.1) is 11.8 Å². The Morgan fingerprint density at radius 1 is 1.30 bits per heavy atom. The topological polar surface area (TPSA) is 57.8 Å². The number of aromatic nitrogens is 2. The Kier molecular flexibility index (Phi) is 4.00. The van der Waals surface area contributed by atoms with E-state index < -0.39 is 11.8 Å². The lowest BCUT2D eigenvalue weighted by Gasteiger charge is -2.05. The van der Waals surface area contributed by atoms with Crippen LogP contribution in [0.15, 0.2) is 30.5 Å². The van der Waals surface area contributed by atoms with Crippen molar-refractivity contribution >= 4 is 28.4 Å². The van der Waals surface area contributed by atoms with E-state index >= 15 is 0 Å². The fourth-order valence-electron chi connectivity index (χ4n) is 2.32. The molecule has 0 atom stereocenters. The number of pyridine rings is 1. The van der Waals surface area contributed by atoms with Crippen molar-refractivity contribution < 1.29 is 13.6 Å². The monoisotopic (exact) mass is 335 g/mol. The van der Waals surface area contributed by atoms with Crippen LogP contribution in [0.25, 0.3) is 22.0 Å². The maximum atomic E-state index is 13.4. The third-order valence-electron chi connectivity index (χ3n) is 3.40. The third kappa shape index (κ3) is 3.17. The number of hydrogen-bond acceptors (Lipinski definition) is 2. The van der Waals surface area contributed by atoms with Crippen LogP contribution in [0.2, 0.25) is 5.02 Å². The van der Waals surface area contributed by atoms with Crippen LogP contribution in [-0.4, -0.2) is 15.9 Å². The lowest BCUT2D eigenvalue weighted by atomic mass is 10.1. The first-order valence-electron chi connectivity index (χ1n) is 6.81. The van der Waals surface area contributed by atoms with Crippen molar-refractivity contribution in [2.75, 3.05) is 0 Å². The summed E-state index contributed by atoms with van der Waals surface area (Å²) in [4.78, 5) is 17.5. The Hall–Kier alpha value is -2.47. The van der Waals surface area contributed by atoms with E-state index in [1.165, 1.54) is 13.1 Å². The second-order valence-corrected chi connectivity index (χ2v) is 5.53. The highest BCUT2D eigenvalue weighted by atomic mass is 35.5. The summed E-state index contributed by atoms with van der Waals surface area (Å²) in [6, 6.07) is 6.38. The number of rotatable bonds is 3. The zero-order valence-electron chi connectivity index (χ0n) is 12.1. The number of halogens is 3. The van der Waals surface area contributed by atoms with Crippen molar-refractivity contribution in [3.05, 3.63) is 52.9 Å². The molecule has 0 radical (unpaired) electrons. The van der Waals surface area contributed by atoms with Crippen LogP contribution >= 0.6 is 11.6 Å². The molecule has 1 aromatic carbocycles. The second kappa shape index (κ2) is 5.96. The van der Waals surface area contributed by atoms with Gasteiger partial charge in [0, 0.05) is 45.9 Å². The standard InChI is InChI=1S/C16H12ClF2N3O/c1-8(23)20-7-11-2-9-3-13(17)12(5-15(9)22-11)10-4-14(18)16(19)21-6-10/h2-6,22H,7H2,1H3,(H,20,23). The molecule has 0 bridgehead atoms. The molecule has 3 aromatic rings. The molecule has 7 heteroatoms. The van der Waals surface area contributed by atoms with Gasteiger partial charge in [0.1, 0.15) is 0 Å². The van der Waals surface area contributed by atoms with E-state index in [1.54, 1.807) is 12.1 Å². The molecule has 3 rings (SSSR count). The zero-order chi connectivity index (χ0) is 16.6. The molecule has 0 spiro atoms. The van der Waals surface area contributed by atoms with Gasteiger partial charge in [-0.1, -0.05) is 11.6 Å². The summed E-state index contributed by atoms with van der Waals surface area (Å²) in [5.41, 5.74) is 2.51. The van der Waals surface area contributed by atoms with Gasteiger partial charge in [-0.05, 0) is 24.3 Å². The van der Waals surface area contributed by atoms with Crippen molar-refractivity contribution in [3.63, 3.8) is 0 Å². The molecule has 2 aromatic heterocycles. The number of nitrogens with one attached hydrogen (secondary N) is 2. The minimum absolute atomic E-state index is 0.129. The first-order valence-corrected chi connectivity index (χ1v) is 7.19. The molecule has 4 nitrogen and oxygen atoms in total. The minimum Gasteiger partial charge on any atom is -0.357 e. The summed E-state index contributed by atoms with van der Waals surface area (Å²) < 4.78 is 26.3. The molecule has 0 fully saturated rings. The smallest absolute Gasteiger partial charge is 0.248 e. The van der Waals surface area contributed by atoms with Crippen LogP contribution < -0.4 is 5.32 Å². The van der Waals surface area contributed by atoms with Gasteiger partial charge in [-0.2, -0.15) is 4.39 Å². The van der Waals surface area contributed by atoms with Gasteiger partial charge < -0.3 is 10.3 Å². The Morgan fingerprint density at radius 3 is 2.78 bits per heavy atom. The average Bonchev–Trinajstić information content (AvgIpc) is 2.89. The van der Waals surface area contributed by atoms with Gasteiger partial charge >= 0.3 is 0 Å². The van der Waals surface area contributed by atoms with Crippen LogP contribution in [0.3, 0.4) is 0 Å². The van der Waals surface area contributed by atoms with E-state index in [9.17, 15) is 13.6 Å². The van der Waals surface area contributed by atoms with Crippen LogP contribution in [0.4, 0.5) is 8.78 Å². The first-order chi connectivity index (χ1) is 10.9. The Bertz CT molecular complexity index is 908. The number of carbonyl (C=O) groups excluding carboxylic acids is 1. The molecule has 1 amide bonds. The maximum absolute atomic E-state index is 13.4. The van der Waals surface area contributed by atoms with Crippen molar-refractivity contribution in [1.82, 2.24) is 15.3 Å². The van der Waals surface area contributed by atoms with Crippen LogP contribution in [0.5, 0.6) is 0 Å². The highest BCUT2D eigenvalue weighted by molar-refractivity contribution is 6.34. The third-order valence-corrected chi connectivity index (χ3v) is 3.71. The molecule has 0 unspecified atom stereocenters. The molecule has 0 aliphatic carbocycles. The highest BCUT2D eigenvalue weighted by Gasteiger charge is 2.11. The molecule has 0 aliphatic heterocycles. The number of benzene rings is 1. The summed E-state index contributed by atoms with van der Waals surface area (Å²) >= 11 is 6.24. The molecule has 23 heavy (non-hydrogen) atoms. The first kappa shape index (κ1) is 15.4. The number of H-pyrrole nitrogens is 1. The fourth-order valence-corrected chi connectivity index (χ4v) is 2.60. The highest BCUT2D eigenvalue weighted by Crippen LogP contribution is 2.32. The van der Waals surface area contributed by atoms with E-state index in [1.807, 2.05) is 6.07 Å². The summed E-state index contributed by atoms with van der Waals surface area (Å²) in [7, 11) is 0. The fraction of sp³-hybridized carbons (Fsp3) is 0.125. The molecule has 0 saturated carbocycles. The van der Waals surface area contributed by atoms with E-state index in [0.29, 0.717) is 22.7 Å². The van der Waals surface area contributed by atoms with E-state index in [-0.39, 0.29) is 5.91 Å². The molecule has 2 N–H and O–H groups in total. The number of nitrogens with zero attached hydrogens (tertiary/aromatic N) is 1. The van der Waals surface area contributed by atoms with Crippen LogP contribution in [-0.2, 0) is 11.3 Å². The molecular formula is C16H12ClF2N3O. The molecular weight excluding hydrogens is 324 g/mol. The summed E-state index contributed by atoms with van der Waals surface area (Å²) in [6.45, 7) is 1.80. The van der Waals surface area contributed by atoms with Crippen molar-refractivity contribution in [2.24, 2.45) is 0 Å². The summed E-state index contributed by atoms with van der Waals surface area (Å²) in [5.74, 6) is -2.31. The normalized spacial score (nSPS) is 11.0. The van der Waals surface area contributed by atoms with Crippen molar-refractivity contribution in [3.8, 4) is 11.1 Å². The number of aromatic amines is 1. The number of fused-ring (bicyclic) bond motifs is 1. The molecule has 2 heterocycles. The molecule has 0 saturated heterocycles. The lowest BCUT2D eigenvalue weighted by molar-refractivity contribution is -0.119. The van der Waals surface area contributed by atoms with E-state index in [4.69, 9.17) is 11.6 Å². The summed E-state index contributed by atoms with van der Waals surface area (Å²) in [6.07, 6.45) is 1.23. The molecule has 0 aliphatic rings. The Morgan fingerprint density at radius 2 is 2.09 bits per heavy atom. The quantitative estimate of drug-likeness (QED) is 0.715. The van der Waals surface area contributed by atoms with Gasteiger partial charge in [-0.15, -0.1) is 0 Å². The number of amides is 1. The Balaban J connectivity index is 2.02. The zero-order valence-corrected chi connectivity index (χ0v) is 12.8. The predicted octanol–water partition coefficient (Wildman–Crippen LogP) is 3.80. The van der Waals surface area contributed by atoms with Gasteiger partial charge in [-0.3, -0.25) is 4.79 Å². The second-order valence-electron chi connectivity index (χ2n) is 5.12. The minimum atomic E-state index is -1.15. The lowest BCUT2D eigenvalue weighted by Crippen LogP contribution is -2.18. The SMILES string of the molecule is CC(=O)NCc1cc2cc(Cl)c(-c3cnc(F)c(F)c3)cc2[nH]1. The molecule has 118 valence electrons. The van der Waals surface area contributed by atoms with Gasteiger partial charge in [0.2, 0.25) is 11.9 Å². The number of carbonyl (C=O) groups is 1. The van der Waals surface area contributed by atoms with Gasteiger partial charge in [0.05, 0.1) is 6.54 Å². The van der Waals surface area contributed by atoms with Crippen molar-refractivity contribution in [1.29, 1.82) is 0 Å². The van der Waals surface area contributed by atoms with Crippen LogP contribution in [0.1, 0.15) is 12.6 Å². The van der Waals surface area contributed by atoms with E-state index in [2.05, 4.69) is 15.3 Å². The predicted molar refractivity (Wildman–Crippen MR) is 84.0 cm³/mol. The maximum Gasteiger partial charge on any atom is 0.248 e. The van der Waals surface area contributed by atoms with Gasteiger partial charge in [0.25, 0.3) is 0 Å². The summed E-state index contributed by atoms with van der Waals surface area (Å²) in [5, 5.41) is 3.95. The van der Waals surface area contributed by atoms with Gasteiger partial charge in [-0.25, -0.2) is 9.37 Å².